The number of rotatable bonds is 9. The molecule has 0 heterocycles. The SMILES string of the molecule is C=C(OC)/C(F)=C(/F)C(=C)C(C)CCC(C)/C=C/c1ccc(O)c(F)c1.C=CC. The van der Waals surface area contributed by atoms with Crippen LogP contribution >= 0.6 is 0 Å². The molecular formula is C24H31F3O2. The van der Waals surface area contributed by atoms with E-state index in [1.807, 2.05) is 19.9 Å². The zero-order valence-corrected chi connectivity index (χ0v) is 17.6. The highest BCUT2D eigenvalue weighted by Gasteiger charge is 2.18. The number of halogens is 3. The number of hydrogen-bond acceptors (Lipinski definition) is 2. The molecule has 1 aromatic carbocycles. The minimum atomic E-state index is -1.13. The summed E-state index contributed by atoms with van der Waals surface area (Å²) in [5, 5.41) is 9.17. The number of ether oxygens (including phenoxy) is 1. The minimum absolute atomic E-state index is 0.0671. The van der Waals surface area contributed by atoms with Crippen molar-refractivity contribution in [2.45, 2.75) is 33.6 Å². The van der Waals surface area contributed by atoms with Gasteiger partial charge in [-0.15, -0.1) is 6.58 Å². The number of methoxy groups -OCH3 is 1. The Kier molecular flexibility index (Phi) is 12.2. The molecule has 1 N–H and O–H groups in total. The molecule has 0 aliphatic rings. The van der Waals surface area contributed by atoms with Crippen molar-refractivity contribution in [1.29, 1.82) is 0 Å². The molecule has 1 rings (SSSR count). The van der Waals surface area contributed by atoms with E-state index < -0.39 is 17.5 Å². The summed E-state index contributed by atoms with van der Waals surface area (Å²) in [7, 11) is 1.22. The average molecular weight is 409 g/mol. The standard InChI is InChI=1S/C21H25F3O2.C3H6/c1-13(7-9-17-10-11-19(25)18(22)12-17)6-8-14(2)15(3)20(23)21(24)16(4)26-5;1-3-2/h7,9-14,25H,3-4,6,8H2,1-2,5H3;3H,1H2,2H3/b9-7+,21-20-;. The van der Waals surface area contributed by atoms with Gasteiger partial charge in [-0.1, -0.05) is 51.3 Å². The molecular weight excluding hydrogens is 377 g/mol. The number of allylic oxidation sites excluding steroid dienone is 5. The fourth-order valence-corrected chi connectivity index (χ4v) is 2.25. The molecule has 2 unspecified atom stereocenters. The Hall–Kier alpha value is -2.69. The van der Waals surface area contributed by atoms with E-state index in [1.165, 1.54) is 19.2 Å². The molecule has 0 aliphatic carbocycles. The highest BCUT2D eigenvalue weighted by molar-refractivity contribution is 5.51. The molecule has 0 fully saturated rings. The fraction of sp³-hybridized carbons (Fsp3) is 0.333. The van der Waals surface area contributed by atoms with Crippen LogP contribution in [0.25, 0.3) is 6.08 Å². The summed E-state index contributed by atoms with van der Waals surface area (Å²) in [6, 6.07) is 4.15. The van der Waals surface area contributed by atoms with E-state index in [0.29, 0.717) is 12.0 Å². The summed E-state index contributed by atoms with van der Waals surface area (Å²) < 4.78 is 45.6. The Bertz CT molecular complexity index is 763. The Labute approximate surface area is 172 Å². The normalized spacial score (nSPS) is 13.6. The monoisotopic (exact) mass is 408 g/mol. The molecule has 0 aromatic heterocycles. The summed E-state index contributed by atoms with van der Waals surface area (Å²) in [6.07, 6.45) is 6.74. The zero-order chi connectivity index (χ0) is 22.6. The van der Waals surface area contributed by atoms with Gasteiger partial charge in [0.2, 0.25) is 0 Å². The summed E-state index contributed by atoms with van der Waals surface area (Å²) in [6.45, 7) is 15.9. The maximum Gasteiger partial charge on any atom is 0.200 e. The van der Waals surface area contributed by atoms with Gasteiger partial charge in [0.05, 0.1) is 7.11 Å². The molecule has 0 amide bonds. The molecule has 160 valence electrons. The lowest BCUT2D eigenvalue weighted by atomic mass is 9.91. The molecule has 0 radical (unpaired) electrons. The lowest BCUT2D eigenvalue weighted by Gasteiger charge is -2.16. The zero-order valence-electron chi connectivity index (χ0n) is 17.6. The maximum absolute atomic E-state index is 14.0. The van der Waals surface area contributed by atoms with Crippen LogP contribution in [-0.2, 0) is 4.74 Å². The highest BCUT2D eigenvalue weighted by atomic mass is 19.2. The topological polar surface area (TPSA) is 29.5 Å². The van der Waals surface area contributed by atoms with Gasteiger partial charge in [-0.2, -0.15) is 4.39 Å². The largest absolute Gasteiger partial charge is 0.505 e. The van der Waals surface area contributed by atoms with Crippen molar-refractivity contribution in [2.75, 3.05) is 7.11 Å². The first kappa shape index (κ1) is 26.3. The van der Waals surface area contributed by atoms with Gasteiger partial charge < -0.3 is 9.84 Å². The second-order valence-electron chi connectivity index (χ2n) is 6.71. The van der Waals surface area contributed by atoms with E-state index in [9.17, 15) is 18.3 Å². The van der Waals surface area contributed by atoms with Crippen LogP contribution in [-0.4, -0.2) is 12.2 Å². The van der Waals surface area contributed by atoms with Crippen molar-refractivity contribution in [1.82, 2.24) is 0 Å². The first-order chi connectivity index (χ1) is 13.6. The van der Waals surface area contributed by atoms with Crippen LogP contribution in [0.1, 0.15) is 39.2 Å². The van der Waals surface area contributed by atoms with Gasteiger partial charge in [0.1, 0.15) is 5.76 Å². The number of aromatic hydroxyl groups is 1. The lowest BCUT2D eigenvalue weighted by Crippen LogP contribution is -2.04. The highest BCUT2D eigenvalue weighted by Crippen LogP contribution is 2.30. The molecule has 5 heteroatoms. The number of hydrogen-bond donors (Lipinski definition) is 1. The van der Waals surface area contributed by atoms with Crippen molar-refractivity contribution < 1.29 is 23.0 Å². The number of phenolic OH excluding ortho intramolecular Hbond substituents is 1. The Morgan fingerprint density at radius 1 is 1.17 bits per heavy atom. The molecule has 0 saturated heterocycles. The third kappa shape index (κ3) is 9.37. The number of phenols is 1. The predicted molar refractivity (Wildman–Crippen MR) is 115 cm³/mol. The van der Waals surface area contributed by atoms with Crippen LogP contribution in [0.4, 0.5) is 13.2 Å². The van der Waals surface area contributed by atoms with Gasteiger partial charge in [0, 0.05) is 0 Å². The van der Waals surface area contributed by atoms with Crippen LogP contribution in [0, 0.1) is 17.7 Å². The molecule has 29 heavy (non-hydrogen) atoms. The predicted octanol–water partition coefficient (Wildman–Crippen LogP) is 7.66. The van der Waals surface area contributed by atoms with Crippen molar-refractivity contribution in [3.05, 3.63) is 84.5 Å². The molecule has 2 nitrogen and oxygen atoms in total. The minimum Gasteiger partial charge on any atom is -0.505 e. The van der Waals surface area contributed by atoms with E-state index in [1.54, 1.807) is 25.1 Å². The maximum atomic E-state index is 14.0. The Balaban J connectivity index is 0.00000245. The van der Waals surface area contributed by atoms with Crippen molar-refractivity contribution in [2.24, 2.45) is 11.8 Å². The van der Waals surface area contributed by atoms with Crippen molar-refractivity contribution >= 4 is 6.08 Å². The molecule has 0 spiro atoms. The fourth-order valence-electron chi connectivity index (χ4n) is 2.25. The van der Waals surface area contributed by atoms with Crippen LogP contribution in [0.5, 0.6) is 5.75 Å². The number of benzene rings is 1. The van der Waals surface area contributed by atoms with Gasteiger partial charge in [-0.25, -0.2) is 8.78 Å². The summed E-state index contributed by atoms with van der Waals surface area (Å²) >= 11 is 0. The van der Waals surface area contributed by atoms with Crippen LogP contribution < -0.4 is 0 Å². The molecule has 0 bridgehead atoms. The molecule has 2 atom stereocenters. The Morgan fingerprint density at radius 3 is 2.28 bits per heavy atom. The van der Waals surface area contributed by atoms with Gasteiger partial charge in [0.25, 0.3) is 0 Å². The summed E-state index contributed by atoms with van der Waals surface area (Å²) in [5.41, 5.74) is 0.705. The van der Waals surface area contributed by atoms with Gasteiger partial charge in [-0.3, -0.25) is 0 Å². The van der Waals surface area contributed by atoms with E-state index in [-0.39, 0.29) is 28.9 Å². The van der Waals surface area contributed by atoms with Crippen LogP contribution in [0.2, 0.25) is 0 Å². The van der Waals surface area contributed by atoms with E-state index in [2.05, 4.69) is 24.5 Å². The third-order valence-corrected chi connectivity index (χ3v) is 4.20. The van der Waals surface area contributed by atoms with Crippen LogP contribution in [0.3, 0.4) is 0 Å². The third-order valence-electron chi connectivity index (χ3n) is 4.20. The summed E-state index contributed by atoms with van der Waals surface area (Å²) in [4.78, 5) is 0. The van der Waals surface area contributed by atoms with Gasteiger partial charge in [0.15, 0.2) is 23.2 Å². The van der Waals surface area contributed by atoms with E-state index in [0.717, 1.165) is 6.42 Å². The summed E-state index contributed by atoms with van der Waals surface area (Å²) in [5.74, 6) is -3.71. The Morgan fingerprint density at radius 2 is 1.76 bits per heavy atom. The van der Waals surface area contributed by atoms with E-state index in [4.69, 9.17) is 0 Å². The first-order valence-corrected chi connectivity index (χ1v) is 9.30. The second-order valence-corrected chi connectivity index (χ2v) is 6.71. The van der Waals surface area contributed by atoms with Crippen molar-refractivity contribution in [3.8, 4) is 5.75 Å². The quantitative estimate of drug-likeness (QED) is 0.258. The lowest BCUT2D eigenvalue weighted by molar-refractivity contribution is 0.280. The van der Waals surface area contributed by atoms with Crippen molar-refractivity contribution in [3.63, 3.8) is 0 Å². The van der Waals surface area contributed by atoms with Gasteiger partial charge in [-0.05, 0) is 54.9 Å². The molecule has 1 aromatic rings. The van der Waals surface area contributed by atoms with Gasteiger partial charge >= 0.3 is 0 Å². The smallest absolute Gasteiger partial charge is 0.200 e. The molecule has 0 aliphatic heterocycles. The van der Waals surface area contributed by atoms with E-state index >= 15 is 0 Å². The van der Waals surface area contributed by atoms with Crippen LogP contribution in [0.15, 0.2) is 73.1 Å². The molecule has 0 saturated carbocycles. The average Bonchev–Trinajstić information content (AvgIpc) is 2.71. The first-order valence-electron chi connectivity index (χ1n) is 9.30. The second kappa shape index (κ2) is 13.5.